The number of benzene rings is 1. The maximum Gasteiger partial charge on any atom is 0.405 e. The van der Waals surface area contributed by atoms with Crippen molar-refractivity contribution >= 4 is 34.8 Å². The molecule has 0 radical (unpaired) electrons. The molecule has 126 valence electrons. The van der Waals surface area contributed by atoms with Gasteiger partial charge in [0.25, 0.3) is 0 Å². The third-order valence-corrected chi connectivity index (χ3v) is 3.55. The molecule has 1 aromatic carbocycles. The molecule has 1 atom stereocenters. The van der Waals surface area contributed by atoms with Gasteiger partial charge in [0.2, 0.25) is 5.15 Å². The van der Waals surface area contributed by atoms with Gasteiger partial charge in [-0.1, -0.05) is 23.7 Å². The van der Waals surface area contributed by atoms with E-state index >= 15 is 0 Å². The number of hydrogen-bond acceptors (Lipinski definition) is 5. The standard InChI is InChI=1S/C15H15ClN4O4/c1-8-7-12(13(20(23)24)14(16)17-8)19-11-5-3-10(4-6-11)9(2)18-15(21)22/h3-7,9,18H,1-2H3,(H,17,19)(H,21,22). The number of halogens is 1. The fraction of sp³-hybridized carbons (Fsp3) is 0.200. The molecule has 0 aliphatic heterocycles. The summed E-state index contributed by atoms with van der Waals surface area (Å²) in [5.41, 5.74) is 1.85. The third kappa shape index (κ3) is 4.11. The highest BCUT2D eigenvalue weighted by molar-refractivity contribution is 6.32. The van der Waals surface area contributed by atoms with Crippen molar-refractivity contribution in [1.82, 2.24) is 10.3 Å². The molecular formula is C15H15ClN4O4. The van der Waals surface area contributed by atoms with E-state index in [2.05, 4.69) is 15.6 Å². The number of carboxylic acid groups (broad SMARTS) is 1. The Morgan fingerprint density at radius 2 is 2.00 bits per heavy atom. The van der Waals surface area contributed by atoms with E-state index in [1.54, 1.807) is 38.1 Å². The number of nitrogens with zero attached hydrogens (tertiary/aromatic N) is 2. The first-order valence-corrected chi connectivity index (χ1v) is 7.33. The van der Waals surface area contributed by atoms with Gasteiger partial charge >= 0.3 is 11.8 Å². The highest BCUT2D eigenvalue weighted by Crippen LogP contribution is 2.34. The minimum absolute atomic E-state index is 0.182. The van der Waals surface area contributed by atoms with Gasteiger partial charge in [-0.2, -0.15) is 0 Å². The van der Waals surface area contributed by atoms with E-state index in [-0.39, 0.29) is 22.6 Å². The molecule has 1 heterocycles. The van der Waals surface area contributed by atoms with Gasteiger partial charge in [0.15, 0.2) is 0 Å². The molecule has 0 aliphatic rings. The summed E-state index contributed by atoms with van der Waals surface area (Å²) in [6, 6.07) is 8.01. The summed E-state index contributed by atoms with van der Waals surface area (Å²) in [6.45, 7) is 3.40. The first-order valence-electron chi connectivity index (χ1n) is 6.96. The number of pyridine rings is 1. The number of aromatic nitrogens is 1. The van der Waals surface area contributed by atoms with E-state index in [1.807, 2.05) is 0 Å². The fourth-order valence-corrected chi connectivity index (χ4v) is 2.48. The normalized spacial score (nSPS) is 11.6. The molecule has 0 saturated heterocycles. The van der Waals surface area contributed by atoms with Crippen LogP contribution in [0.1, 0.15) is 24.2 Å². The lowest BCUT2D eigenvalue weighted by atomic mass is 10.1. The van der Waals surface area contributed by atoms with Crippen LogP contribution in [0.25, 0.3) is 0 Å². The zero-order valence-corrected chi connectivity index (χ0v) is 13.7. The molecule has 3 N–H and O–H groups in total. The average molecular weight is 351 g/mol. The molecule has 1 aromatic heterocycles. The Morgan fingerprint density at radius 3 is 2.54 bits per heavy atom. The summed E-state index contributed by atoms with van der Waals surface area (Å²) >= 11 is 5.85. The van der Waals surface area contributed by atoms with E-state index in [1.165, 1.54) is 6.07 Å². The highest BCUT2D eigenvalue weighted by Gasteiger charge is 2.21. The predicted molar refractivity (Wildman–Crippen MR) is 89.9 cm³/mol. The summed E-state index contributed by atoms with van der Waals surface area (Å²) < 4.78 is 0. The van der Waals surface area contributed by atoms with Gasteiger partial charge in [0, 0.05) is 11.4 Å². The van der Waals surface area contributed by atoms with Crippen LogP contribution in [0.2, 0.25) is 5.15 Å². The zero-order valence-electron chi connectivity index (χ0n) is 12.9. The van der Waals surface area contributed by atoms with Crippen molar-refractivity contribution in [3.63, 3.8) is 0 Å². The SMILES string of the molecule is Cc1cc(Nc2ccc(C(C)NC(=O)O)cc2)c([N+](=O)[O-])c(Cl)n1. The van der Waals surface area contributed by atoms with Crippen LogP contribution >= 0.6 is 11.6 Å². The summed E-state index contributed by atoms with van der Waals surface area (Å²) in [5.74, 6) is 0. The topological polar surface area (TPSA) is 117 Å². The predicted octanol–water partition coefficient (Wildman–Crippen LogP) is 4.02. The second-order valence-corrected chi connectivity index (χ2v) is 5.48. The van der Waals surface area contributed by atoms with Crippen molar-refractivity contribution < 1.29 is 14.8 Å². The maximum atomic E-state index is 11.2. The van der Waals surface area contributed by atoms with Crippen molar-refractivity contribution in [3.8, 4) is 0 Å². The Labute approximate surface area is 142 Å². The second-order valence-electron chi connectivity index (χ2n) is 5.13. The Kier molecular flexibility index (Phi) is 5.20. The zero-order chi connectivity index (χ0) is 17.9. The highest BCUT2D eigenvalue weighted by atomic mass is 35.5. The minimum atomic E-state index is -1.11. The molecule has 2 aromatic rings. The Bertz CT molecular complexity index is 780. The Morgan fingerprint density at radius 1 is 1.38 bits per heavy atom. The van der Waals surface area contributed by atoms with Gasteiger partial charge in [-0.15, -0.1) is 0 Å². The smallest absolute Gasteiger partial charge is 0.405 e. The van der Waals surface area contributed by atoms with Gasteiger partial charge in [-0.3, -0.25) is 10.1 Å². The molecule has 1 unspecified atom stereocenters. The molecule has 0 spiro atoms. The number of hydrogen-bond donors (Lipinski definition) is 3. The van der Waals surface area contributed by atoms with Crippen molar-refractivity contribution in [3.05, 3.63) is 56.9 Å². The Balaban J connectivity index is 2.26. The summed E-state index contributed by atoms with van der Waals surface area (Å²) in [4.78, 5) is 25.1. The van der Waals surface area contributed by atoms with Crippen LogP contribution in [0, 0.1) is 17.0 Å². The van der Waals surface area contributed by atoms with Gasteiger partial charge < -0.3 is 15.7 Å². The Hall–Kier alpha value is -2.87. The van der Waals surface area contributed by atoms with Crippen molar-refractivity contribution in [2.24, 2.45) is 0 Å². The minimum Gasteiger partial charge on any atom is -0.465 e. The quantitative estimate of drug-likeness (QED) is 0.426. The molecule has 8 nitrogen and oxygen atoms in total. The van der Waals surface area contributed by atoms with Gasteiger partial charge in [-0.25, -0.2) is 9.78 Å². The van der Waals surface area contributed by atoms with Crippen LogP contribution < -0.4 is 10.6 Å². The lowest BCUT2D eigenvalue weighted by Gasteiger charge is -2.13. The number of rotatable bonds is 5. The molecule has 2 rings (SSSR count). The van der Waals surface area contributed by atoms with Gasteiger partial charge in [0.1, 0.15) is 5.69 Å². The van der Waals surface area contributed by atoms with E-state index in [9.17, 15) is 14.9 Å². The number of nitro groups is 1. The average Bonchev–Trinajstić information content (AvgIpc) is 2.45. The number of carbonyl (C=O) groups is 1. The van der Waals surface area contributed by atoms with Crippen molar-refractivity contribution in [1.29, 1.82) is 0 Å². The van der Waals surface area contributed by atoms with Crippen LogP contribution in [0.15, 0.2) is 30.3 Å². The largest absolute Gasteiger partial charge is 0.465 e. The lowest BCUT2D eigenvalue weighted by Crippen LogP contribution is -2.24. The third-order valence-electron chi connectivity index (χ3n) is 3.29. The lowest BCUT2D eigenvalue weighted by molar-refractivity contribution is -0.384. The van der Waals surface area contributed by atoms with E-state index in [0.29, 0.717) is 11.4 Å². The van der Waals surface area contributed by atoms with Gasteiger partial charge in [-0.05, 0) is 37.6 Å². The van der Waals surface area contributed by atoms with Crippen molar-refractivity contribution in [2.45, 2.75) is 19.9 Å². The molecule has 1 amide bonds. The maximum absolute atomic E-state index is 11.2. The van der Waals surface area contributed by atoms with Crippen LogP contribution in [0.4, 0.5) is 21.9 Å². The molecule has 24 heavy (non-hydrogen) atoms. The summed E-state index contributed by atoms with van der Waals surface area (Å²) in [6.07, 6.45) is -1.11. The number of anilines is 2. The van der Waals surface area contributed by atoms with E-state index in [0.717, 1.165) is 5.56 Å². The van der Waals surface area contributed by atoms with Crippen LogP contribution in [-0.4, -0.2) is 21.1 Å². The van der Waals surface area contributed by atoms with Crippen LogP contribution in [0.5, 0.6) is 0 Å². The number of nitrogens with one attached hydrogen (secondary N) is 2. The fourth-order valence-electron chi connectivity index (χ4n) is 2.18. The van der Waals surface area contributed by atoms with Crippen LogP contribution in [-0.2, 0) is 0 Å². The second kappa shape index (κ2) is 7.14. The molecule has 9 heteroatoms. The molecule has 0 aliphatic carbocycles. The monoisotopic (exact) mass is 350 g/mol. The molecule has 0 saturated carbocycles. The summed E-state index contributed by atoms with van der Waals surface area (Å²) in [7, 11) is 0. The first-order chi connectivity index (χ1) is 11.3. The van der Waals surface area contributed by atoms with E-state index < -0.39 is 11.0 Å². The first kappa shape index (κ1) is 17.5. The number of aryl methyl sites for hydroxylation is 1. The molecule has 0 bridgehead atoms. The number of amides is 1. The van der Waals surface area contributed by atoms with Gasteiger partial charge in [0.05, 0.1) is 11.0 Å². The van der Waals surface area contributed by atoms with Crippen molar-refractivity contribution in [2.75, 3.05) is 5.32 Å². The van der Waals surface area contributed by atoms with E-state index in [4.69, 9.17) is 16.7 Å². The molecule has 0 fully saturated rings. The summed E-state index contributed by atoms with van der Waals surface area (Å²) in [5, 5.41) is 25.0. The molecular weight excluding hydrogens is 336 g/mol. The van der Waals surface area contributed by atoms with Crippen LogP contribution in [0.3, 0.4) is 0 Å².